The number of hydrogen-bond acceptors (Lipinski definition) is 5. The van der Waals surface area contributed by atoms with Crippen LogP contribution >= 0.6 is 0 Å². The summed E-state index contributed by atoms with van der Waals surface area (Å²) in [5.74, 6) is 0.396. The van der Waals surface area contributed by atoms with Gasteiger partial charge >= 0.3 is 6.18 Å². The second-order valence-corrected chi connectivity index (χ2v) is 6.28. The predicted octanol–water partition coefficient (Wildman–Crippen LogP) is 3.49. The maximum absolute atomic E-state index is 12.7. The van der Waals surface area contributed by atoms with Crippen LogP contribution in [-0.4, -0.2) is 32.8 Å². The Bertz CT molecular complexity index is 1010. The van der Waals surface area contributed by atoms with E-state index < -0.39 is 11.7 Å². The fourth-order valence-electron chi connectivity index (χ4n) is 2.77. The zero-order chi connectivity index (χ0) is 21.2. The first kappa shape index (κ1) is 20.3. The van der Waals surface area contributed by atoms with Crippen molar-refractivity contribution in [3.63, 3.8) is 0 Å². The van der Waals surface area contributed by atoms with Crippen LogP contribution in [0.1, 0.15) is 22.5 Å². The minimum Gasteiger partial charge on any atom is -0.481 e. The van der Waals surface area contributed by atoms with Gasteiger partial charge in [-0.05, 0) is 32.0 Å². The summed E-state index contributed by atoms with van der Waals surface area (Å²) in [6.07, 6.45) is -2.18. The molecule has 10 heteroatoms. The molecule has 1 amide bonds. The zero-order valence-electron chi connectivity index (χ0n) is 15.9. The minimum atomic E-state index is -4.46. The highest BCUT2D eigenvalue weighted by atomic mass is 19.4. The van der Waals surface area contributed by atoms with E-state index >= 15 is 0 Å². The van der Waals surface area contributed by atoms with Gasteiger partial charge < -0.3 is 10.1 Å². The van der Waals surface area contributed by atoms with Gasteiger partial charge in [0, 0.05) is 23.5 Å². The highest BCUT2D eigenvalue weighted by Crippen LogP contribution is 2.29. The molecule has 0 aliphatic rings. The Balaban J connectivity index is 1.77. The lowest BCUT2D eigenvalue weighted by Gasteiger charge is -2.08. The molecular weight excluding hydrogens is 387 g/mol. The first-order valence-corrected chi connectivity index (χ1v) is 8.57. The zero-order valence-corrected chi connectivity index (χ0v) is 15.9. The van der Waals surface area contributed by atoms with Gasteiger partial charge in [-0.3, -0.25) is 4.79 Å². The number of amides is 1. The van der Waals surface area contributed by atoms with Crippen LogP contribution in [0.5, 0.6) is 5.88 Å². The monoisotopic (exact) mass is 405 g/mol. The molecular formula is C19H18F3N5O2. The van der Waals surface area contributed by atoms with Crippen LogP contribution in [0, 0.1) is 13.8 Å². The number of hydrogen-bond donors (Lipinski definition) is 1. The van der Waals surface area contributed by atoms with Gasteiger partial charge in [-0.25, -0.2) is 14.6 Å². The molecule has 3 aromatic heterocycles. The summed E-state index contributed by atoms with van der Waals surface area (Å²) in [5, 5.41) is 7.05. The van der Waals surface area contributed by atoms with Crippen molar-refractivity contribution in [2.24, 2.45) is 0 Å². The summed E-state index contributed by atoms with van der Waals surface area (Å²) in [7, 11) is 1.50. The van der Waals surface area contributed by atoms with Crippen LogP contribution in [-0.2, 0) is 17.4 Å². The Hall–Kier alpha value is -3.43. The maximum Gasteiger partial charge on any atom is 0.417 e. The molecule has 0 fully saturated rings. The number of alkyl halides is 3. The van der Waals surface area contributed by atoms with Gasteiger partial charge in [-0.2, -0.15) is 18.3 Å². The molecule has 29 heavy (non-hydrogen) atoms. The average molecular weight is 405 g/mol. The summed E-state index contributed by atoms with van der Waals surface area (Å²) in [4.78, 5) is 20.3. The molecule has 0 radical (unpaired) electrons. The van der Waals surface area contributed by atoms with Crippen molar-refractivity contribution in [3.05, 3.63) is 59.2 Å². The molecule has 0 spiro atoms. The van der Waals surface area contributed by atoms with E-state index in [1.165, 1.54) is 24.1 Å². The number of halogens is 3. The number of aryl methyl sites for hydroxylation is 1. The molecule has 0 aromatic carbocycles. The highest BCUT2D eigenvalue weighted by molar-refractivity contribution is 5.92. The maximum atomic E-state index is 12.7. The van der Waals surface area contributed by atoms with Crippen molar-refractivity contribution < 1.29 is 22.7 Å². The molecule has 0 unspecified atom stereocenters. The molecule has 0 bridgehead atoms. The van der Waals surface area contributed by atoms with Crippen molar-refractivity contribution in [2.45, 2.75) is 26.4 Å². The largest absolute Gasteiger partial charge is 0.481 e. The smallest absolute Gasteiger partial charge is 0.417 e. The normalized spacial score (nSPS) is 11.4. The van der Waals surface area contributed by atoms with Gasteiger partial charge in [0.25, 0.3) is 0 Å². The van der Waals surface area contributed by atoms with E-state index in [-0.39, 0.29) is 18.1 Å². The van der Waals surface area contributed by atoms with Gasteiger partial charge in [0.05, 0.1) is 36.7 Å². The molecule has 0 atom stereocenters. The van der Waals surface area contributed by atoms with Gasteiger partial charge in [-0.1, -0.05) is 0 Å². The molecule has 152 valence electrons. The second-order valence-electron chi connectivity index (χ2n) is 6.28. The van der Waals surface area contributed by atoms with Gasteiger partial charge in [0.1, 0.15) is 0 Å². The SMILES string of the molecule is COc1ccc(NC(=O)Cc2c(C)nn(-c3ccc(C(F)(F)F)cn3)c2C)cn1. The van der Waals surface area contributed by atoms with Gasteiger partial charge in [-0.15, -0.1) is 0 Å². The summed E-state index contributed by atoms with van der Waals surface area (Å²) in [5.41, 5.74) is 1.56. The molecule has 3 aromatic rings. The molecule has 0 saturated heterocycles. The second kappa shape index (κ2) is 7.90. The number of ether oxygens (including phenoxy) is 1. The molecule has 7 nitrogen and oxygen atoms in total. The minimum absolute atomic E-state index is 0.0460. The standard InChI is InChI=1S/C19H18F3N5O2/c1-11-15(8-17(28)25-14-5-7-18(29-3)24-10-14)12(2)27(26-11)16-6-4-13(9-23-16)19(20,21)22/h4-7,9-10H,8H2,1-3H3,(H,25,28). The Labute approximate surface area is 164 Å². The van der Waals surface area contributed by atoms with Crippen LogP contribution in [0.15, 0.2) is 36.7 Å². The van der Waals surface area contributed by atoms with Crippen molar-refractivity contribution in [3.8, 4) is 11.7 Å². The lowest BCUT2D eigenvalue weighted by atomic mass is 10.1. The Morgan fingerprint density at radius 1 is 1.14 bits per heavy atom. The molecule has 3 heterocycles. The number of nitrogens with zero attached hydrogens (tertiary/aromatic N) is 4. The summed E-state index contributed by atoms with van der Waals surface area (Å²) >= 11 is 0. The van der Waals surface area contributed by atoms with Crippen molar-refractivity contribution >= 4 is 11.6 Å². The number of carbonyl (C=O) groups excluding carboxylic acids is 1. The Kier molecular flexibility index (Phi) is 5.53. The molecule has 1 N–H and O–H groups in total. The number of rotatable bonds is 5. The van der Waals surface area contributed by atoms with Crippen molar-refractivity contribution in [1.82, 2.24) is 19.7 Å². The fourth-order valence-corrected chi connectivity index (χ4v) is 2.77. The number of aromatic nitrogens is 4. The molecule has 0 saturated carbocycles. The van der Waals surface area contributed by atoms with Crippen LogP contribution in [0.2, 0.25) is 0 Å². The van der Waals surface area contributed by atoms with Gasteiger partial charge in [0.2, 0.25) is 11.8 Å². The van der Waals surface area contributed by atoms with E-state index in [9.17, 15) is 18.0 Å². The van der Waals surface area contributed by atoms with Crippen molar-refractivity contribution in [1.29, 1.82) is 0 Å². The fraction of sp³-hybridized carbons (Fsp3) is 0.263. The molecule has 3 rings (SSSR count). The Morgan fingerprint density at radius 3 is 2.45 bits per heavy atom. The quantitative estimate of drug-likeness (QED) is 0.703. The summed E-state index contributed by atoms with van der Waals surface area (Å²) in [6, 6.07) is 5.48. The first-order chi connectivity index (χ1) is 13.7. The molecule has 0 aliphatic heterocycles. The van der Waals surface area contributed by atoms with Crippen molar-refractivity contribution in [2.75, 3.05) is 12.4 Å². The summed E-state index contributed by atoms with van der Waals surface area (Å²) in [6.45, 7) is 3.46. The van der Waals surface area contributed by atoms with Crippen LogP contribution in [0.4, 0.5) is 18.9 Å². The van der Waals surface area contributed by atoms with Crippen LogP contribution < -0.4 is 10.1 Å². The van der Waals surface area contributed by atoms with Crippen LogP contribution in [0.3, 0.4) is 0 Å². The third-order valence-corrected chi connectivity index (χ3v) is 4.30. The van der Waals surface area contributed by atoms with E-state index in [0.29, 0.717) is 28.5 Å². The van der Waals surface area contributed by atoms with E-state index in [0.717, 1.165) is 12.3 Å². The summed E-state index contributed by atoms with van der Waals surface area (Å²) < 4.78 is 44.5. The highest BCUT2D eigenvalue weighted by Gasteiger charge is 2.30. The predicted molar refractivity (Wildman–Crippen MR) is 99.0 cm³/mol. The number of pyridine rings is 2. The number of carbonyl (C=O) groups is 1. The number of nitrogens with one attached hydrogen (secondary N) is 1. The lowest BCUT2D eigenvalue weighted by molar-refractivity contribution is -0.137. The number of anilines is 1. The van der Waals surface area contributed by atoms with Gasteiger partial charge in [0.15, 0.2) is 5.82 Å². The lowest BCUT2D eigenvalue weighted by Crippen LogP contribution is -2.15. The third-order valence-electron chi connectivity index (χ3n) is 4.30. The first-order valence-electron chi connectivity index (χ1n) is 8.57. The van der Waals surface area contributed by atoms with E-state index in [1.54, 1.807) is 26.0 Å². The molecule has 0 aliphatic carbocycles. The van der Waals surface area contributed by atoms with E-state index in [4.69, 9.17) is 4.74 Å². The average Bonchev–Trinajstić information content (AvgIpc) is 2.96. The Morgan fingerprint density at radius 2 is 1.90 bits per heavy atom. The third kappa shape index (κ3) is 4.53. The number of methoxy groups -OCH3 is 1. The van der Waals surface area contributed by atoms with Crippen LogP contribution in [0.25, 0.3) is 5.82 Å². The topological polar surface area (TPSA) is 81.9 Å². The van der Waals surface area contributed by atoms with E-state index in [1.807, 2.05) is 0 Å². The van der Waals surface area contributed by atoms with E-state index in [2.05, 4.69) is 20.4 Å².